The summed E-state index contributed by atoms with van der Waals surface area (Å²) in [7, 11) is -3.88. The topological polar surface area (TPSA) is 98.5 Å². The molecule has 0 aromatic heterocycles. The summed E-state index contributed by atoms with van der Waals surface area (Å²) in [5, 5.41) is 17.3. The van der Waals surface area contributed by atoms with Crippen LogP contribution in [0.1, 0.15) is 12.0 Å². The number of carbonyl (C=O) groups is 1. The molecule has 19 heavy (non-hydrogen) atoms. The molecule has 0 spiro atoms. The molecule has 0 aliphatic heterocycles. The third kappa shape index (κ3) is 4.05. The van der Waals surface area contributed by atoms with Crippen LogP contribution in [-0.4, -0.2) is 36.9 Å². The predicted octanol–water partition coefficient (Wildman–Crippen LogP) is 0.984. The number of benzene rings is 1. The Morgan fingerprint density at radius 2 is 1.95 bits per heavy atom. The molecular formula is C12H14N2O4S. The molecule has 0 radical (unpaired) electrons. The highest BCUT2D eigenvalue weighted by molar-refractivity contribution is 7.89. The van der Waals surface area contributed by atoms with E-state index >= 15 is 0 Å². The summed E-state index contributed by atoms with van der Waals surface area (Å²) >= 11 is 0. The first kappa shape index (κ1) is 15.1. The lowest BCUT2D eigenvalue weighted by Gasteiger charge is -2.19. The fourth-order valence-corrected chi connectivity index (χ4v) is 2.86. The van der Waals surface area contributed by atoms with Gasteiger partial charge in [0, 0.05) is 13.0 Å². The minimum absolute atomic E-state index is 0.0253. The van der Waals surface area contributed by atoms with Crippen LogP contribution < -0.4 is 0 Å². The lowest BCUT2D eigenvalue weighted by atomic mass is 10.2. The molecule has 0 saturated carbocycles. The summed E-state index contributed by atoms with van der Waals surface area (Å²) in [4.78, 5) is 10.7. The molecule has 0 aliphatic carbocycles. The van der Waals surface area contributed by atoms with E-state index in [2.05, 4.69) is 0 Å². The van der Waals surface area contributed by atoms with E-state index in [9.17, 15) is 13.2 Å². The normalized spacial score (nSPS) is 11.2. The van der Waals surface area contributed by atoms with Crippen LogP contribution in [0, 0.1) is 18.3 Å². The number of sulfonamides is 1. The first-order chi connectivity index (χ1) is 8.87. The second-order valence-electron chi connectivity index (χ2n) is 3.95. The predicted molar refractivity (Wildman–Crippen MR) is 67.8 cm³/mol. The summed E-state index contributed by atoms with van der Waals surface area (Å²) in [6.45, 7) is 1.03. The molecule has 0 unspecified atom stereocenters. The second-order valence-corrected chi connectivity index (χ2v) is 5.89. The minimum Gasteiger partial charge on any atom is -0.480 e. The lowest BCUT2D eigenvalue weighted by molar-refractivity contribution is -0.137. The quantitative estimate of drug-likeness (QED) is 0.838. The van der Waals surface area contributed by atoms with E-state index in [0.717, 1.165) is 9.87 Å². The highest BCUT2D eigenvalue weighted by atomic mass is 32.2. The maximum atomic E-state index is 12.2. The molecule has 0 saturated heterocycles. The molecule has 0 amide bonds. The number of hydrogen-bond acceptors (Lipinski definition) is 4. The standard InChI is InChI=1S/C12H14N2O4S/c1-10-3-5-11(6-4-10)19(17,18)14(8-2-7-13)9-12(15)16/h3-6H,2,8-9H2,1H3,(H,15,16). The van der Waals surface area contributed by atoms with E-state index in [1.807, 2.05) is 6.92 Å². The largest absolute Gasteiger partial charge is 0.480 e. The Hall–Kier alpha value is -1.91. The van der Waals surface area contributed by atoms with E-state index in [0.29, 0.717) is 0 Å². The number of nitriles is 1. The molecule has 1 rings (SSSR count). The number of aliphatic carboxylic acids is 1. The van der Waals surface area contributed by atoms with Crippen LogP contribution in [0.5, 0.6) is 0 Å². The molecule has 0 fully saturated rings. The minimum atomic E-state index is -3.88. The van der Waals surface area contributed by atoms with Gasteiger partial charge in [-0.3, -0.25) is 4.79 Å². The average Bonchev–Trinajstić information content (AvgIpc) is 2.34. The lowest BCUT2D eigenvalue weighted by Crippen LogP contribution is -2.36. The van der Waals surface area contributed by atoms with Gasteiger partial charge in [0.05, 0.1) is 11.0 Å². The zero-order valence-corrected chi connectivity index (χ0v) is 11.2. The van der Waals surface area contributed by atoms with Crippen molar-refractivity contribution in [2.75, 3.05) is 13.1 Å². The van der Waals surface area contributed by atoms with E-state index in [-0.39, 0.29) is 17.9 Å². The summed E-state index contributed by atoms with van der Waals surface area (Å²) in [5.41, 5.74) is 0.903. The Morgan fingerprint density at radius 3 is 2.42 bits per heavy atom. The Bertz CT molecular complexity index is 587. The summed E-state index contributed by atoms with van der Waals surface area (Å²) < 4.78 is 25.3. The Morgan fingerprint density at radius 1 is 1.37 bits per heavy atom. The SMILES string of the molecule is Cc1ccc(S(=O)(=O)N(CCC#N)CC(=O)O)cc1. The van der Waals surface area contributed by atoms with E-state index in [1.165, 1.54) is 12.1 Å². The zero-order chi connectivity index (χ0) is 14.5. The summed E-state index contributed by atoms with van der Waals surface area (Å²) in [5.74, 6) is -1.26. The third-order valence-electron chi connectivity index (χ3n) is 2.44. The van der Waals surface area contributed by atoms with Gasteiger partial charge in [-0.25, -0.2) is 8.42 Å². The van der Waals surface area contributed by atoms with Crippen LogP contribution in [0.4, 0.5) is 0 Å². The Labute approximate surface area is 111 Å². The van der Waals surface area contributed by atoms with Gasteiger partial charge < -0.3 is 5.11 Å². The molecular weight excluding hydrogens is 268 g/mol. The van der Waals surface area contributed by atoms with Gasteiger partial charge in [0.1, 0.15) is 6.54 Å². The van der Waals surface area contributed by atoms with Gasteiger partial charge in [-0.2, -0.15) is 9.57 Å². The monoisotopic (exact) mass is 282 g/mol. The maximum Gasteiger partial charge on any atom is 0.318 e. The zero-order valence-electron chi connectivity index (χ0n) is 10.4. The van der Waals surface area contributed by atoms with Crippen LogP contribution >= 0.6 is 0 Å². The van der Waals surface area contributed by atoms with E-state index in [4.69, 9.17) is 10.4 Å². The fraction of sp³-hybridized carbons (Fsp3) is 0.333. The number of hydrogen-bond donors (Lipinski definition) is 1. The van der Waals surface area contributed by atoms with Crippen molar-refractivity contribution < 1.29 is 18.3 Å². The van der Waals surface area contributed by atoms with Crippen molar-refractivity contribution in [3.63, 3.8) is 0 Å². The molecule has 1 aromatic rings. The van der Waals surface area contributed by atoms with E-state index in [1.54, 1.807) is 18.2 Å². The van der Waals surface area contributed by atoms with Crippen molar-refractivity contribution in [1.29, 1.82) is 5.26 Å². The van der Waals surface area contributed by atoms with Gasteiger partial charge in [0.2, 0.25) is 10.0 Å². The van der Waals surface area contributed by atoms with Crippen molar-refractivity contribution >= 4 is 16.0 Å². The van der Waals surface area contributed by atoms with Crippen molar-refractivity contribution in [3.8, 4) is 6.07 Å². The molecule has 7 heteroatoms. The second kappa shape index (κ2) is 6.31. The molecule has 1 aromatic carbocycles. The van der Waals surface area contributed by atoms with Gasteiger partial charge >= 0.3 is 5.97 Å². The van der Waals surface area contributed by atoms with Crippen LogP contribution in [0.2, 0.25) is 0 Å². The molecule has 0 bridgehead atoms. The number of carboxylic acid groups (broad SMARTS) is 1. The van der Waals surface area contributed by atoms with Gasteiger partial charge in [-0.05, 0) is 19.1 Å². The molecule has 0 atom stereocenters. The summed E-state index contributed by atoms with van der Waals surface area (Å²) in [6.07, 6.45) is -0.0572. The van der Waals surface area contributed by atoms with Crippen LogP contribution in [0.3, 0.4) is 0 Å². The van der Waals surface area contributed by atoms with Gasteiger partial charge in [0.15, 0.2) is 0 Å². The van der Waals surface area contributed by atoms with Crippen molar-refractivity contribution in [3.05, 3.63) is 29.8 Å². The van der Waals surface area contributed by atoms with E-state index < -0.39 is 22.5 Å². The van der Waals surface area contributed by atoms with Crippen LogP contribution in [0.25, 0.3) is 0 Å². The number of aryl methyl sites for hydroxylation is 1. The van der Waals surface area contributed by atoms with Crippen molar-refractivity contribution in [2.24, 2.45) is 0 Å². The first-order valence-corrected chi connectivity index (χ1v) is 6.97. The third-order valence-corrected chi connectivity index (χ3v) is 4.30. The molecule has 1 N–H and O–H groups in total. The molecule has 6 nitrogen and oxygen atoms in total. The van der Waals surface area contributed by atoms with Gasteiger partial charge in [-0.15, -0.1) is 0 Å². The highest BCUT2D eigenvalue weighted by Gasteiger charge is 2.25. The Balaban J connectivity index is 3.08. The Kier molecular flexibility index (Phi) is 5.03. The maximum absolute atomic E-state index is 12.2. The average molecular weight is 282 g/mol. The van der Waals surface area contributed by atoms with Crippen LogP contribution in [-0.2, 0) is 14.8 Å². The molecule has 102 valence electrons. The number of carboxylic acids is 1. The fourth-order valence-electron chi connectivity index (χ4n) is 1.47. The first-order valence-electron chi connectivity index (χ1n) is 5.53. The van der Waals surface area contributed by atoms with Gasteiger partial charge in [-0.1, -0.05) is 17.7 Å². The molecule has 0 heterocycles. The van der Waals surface area contributed by atoms with Crippen LogP contribution in [0.15, 0.2) is 29.2 Å². The highest BCUT2D eigenvalue weighted by Crippen LogP contribution is 2.16. The van der Waals surface area contributed by atoms with Crippen molar-refractivity contribution in [1.82, 2.24) is 4.31 Å². The smallest absolute Gasteiger partial charge is 0.318 e. The van der Waals surface area contributed by atoms with Crippen molar-refractivity contribution in [2.45, 2.75) is 18.2 Å². The summed E-state index contributed by atoms with van der Waals surface area (Å²) in [6, 6.07) is 7.92. The number of rotatable bonds is 6. The molecule has 0 aliphatic rings. The van der Waals surface area contributed by atoms with Gasteiger partial charge in [0.25, 0.3) is 0 Å². The number of nitrogens with zero attached hydrogens (tertiary/aromatic N) is 2.